The number of hydrogen-bond donors (Lipinski definition) is 3. The number of nitrogens with zero attached hydrogens (tertiary/aromatic N) is 2. The van der Waals surface area contributed by atoms with Crippen molar-refractivity contribution in [3.05, 3.63) is 17.0 Å². The van der Waals surface area contributed by atoms with Gasteiger partial charge in [-0.25, -0.2) is 4.79 Å². The summed E-state index contributed by atoms with van der Waals surface area (Å²) in [5.41, 5.74) is 6.06. The highest BCUT2D eigenvalue weighted by Gasteiger charge is 2.28. The second kappa shape index (κ2) is 8.65. The smallest absolute Gasteiger partial charge is 0.341 e. The van der Waals surface area contributed by atoms with Crippen LogP contribution >= 0.6 is 11.3 Å². The van der Waals surface area contributed by atoms with Crippen molar-refractivity contribution >= 4 is 34.0 Å². The predicted octanol–water partition coefficient (Wildman–Crippen LogP) is 1.46. The number of amidine groups is 1. The number of carbonyl (C=O) groups is 2. The van der Waals surface area contributed by atoms with Gasteiger partial charge in [-0.3, -0.25) is 9.69 Å². The van der Waals surface area contributed by atoms with Crippen LogP contribution in [0, 0.1) is 0 Å². The molecule has 4 N–H and O–H groups in total. The van der Waals surface area contributed by atoms with E-state index in [1.54, 1.807) is 18.4 Å². The van der Waals surface area contributed by atoms with Gasteiger partial charge in [0.2, 0.25) is 5.91 Å². The predicted molar refractivity (Wildman–Crippen MR) is 91.5 cm³/mol. The second-order valence-electron chi connectivity index (χ2n) is 5.44. The monoisotopic (exact) mass is 354 g/mol. The SMILES string of the molecule is CCOC(=O)c1ccsc1NC(=O)CN1CCCCC1C(N)=NO. The fraction of sp³-hybridized carbons (Fsp3) is 0.533. The van der Waals surface area contributed by atoms with Gasteiger partial charge in [0.05, 0.1) is 24.8 Å². The Hall–Kier alpha value is -2.13. The van der Waals surface area contributed by atoms with Gasteiger partial charge in [-0.05, 0) is 37.8 Å². The number of carbonyl (C=O) groups excluding carboxylic acids is 2. The van der Waals surface area contributed by atoms with E-state index in [9.17, 15) is 9.59 Å². The van der Waals surface area contributed by atoms with Crippen molar-refractivity contribution < 1.29 is 19.5 Å². The van der Waals surface area contributed by atoms with Gasteiger partial charge in [0, 0.05) is 0 Å². The summed E-state index contributed by atoms with van der Waals surface area (Å²) in [6, 6.07) is 1.38. The van der Waals surface area contributed by atoms with Crippen LogP contribution in [0.5, 0.6) is 0 Å². The highest BCUT2D eigenvalue weighted by Crippen LogP contribution is 2.24. The molecule has 0 aliphatic carbocycles. The summed E-state index contributed by atoms with van der Waals surface area (Å²) >= 11 is 1.27. The molecule has 1 unspecified atom stereocenters. The van der Waals surface area contributed by atoms with Crippen molar-refractivity contribution in [2.24, 2.45) is 10.9 Å². The molecule has 1 aromatic heterocycles. The highest BCUT2D eigenvalue weighted by atomic mass is 32.1. The molecule has 0 saturated carbocycles. The Morgan fingerprint density at radius 2 is 2.33 bits per heavy atom. The maximum atomic E-state index is 12.3. The van der Waals surface area contributed by atoms with Crippen LogP contribution in [-0.4, -0.2) is 53.6 Å². The van der Waals surface area contributed by atoms with Gasteiger partial charge in [0.1, 0.15) is 5.00 Å². The molecule has 24 heavy (non-hydrogen) atoms. The molecule has 1 saturated heterocycles. The van der Waals surface area contributed by atoms with Crippen LogP contribution < -0.4 is 11.1 Å². The minimum atomic E-state index is -0.457. The van der Waals surface area contributed by atoms with Crippen molar-refractivity contribution in [3.63, 3.8) is 0 Å². The number of amides is 1. The first kappa shape index (κ1) is 18.2. The topological polar surface area (TPSA) is 117 Å². The molecule has 0 radical (unpaired) electrons. The van der Waals surface area contributed by atoms with Gasteiger partial charge in [-0.15, -0.1) is 11.3 Å². The molecule has 2 heterocycles. The number of esters is 1. The Labute approximate surface area is 144 Å². The van der Waals surface area contributed by atoms with Gasteiger partial charge in [-0.1, -0.05) is 11.6 Å². The van der Waals surface area contributed by atoms with E-state index in [0.29, 0.717) is 17.1 Å². The number of nitrogens with one attached hydrogen (secondary N) is 1. The quantitative estimate of drug-likeness (QED) is 0.234. The molecule has 8 nitrogen and oxygen atoms in total. The molecule has 2 rings (SSSR count). The number of nitrogens with two attached hydrogens (primary N) is 1. The van der Waals surface area contributed by atoms with Crippen molar-refractivity contribution in [2.45, 2.75) is 32.2 Å². The molecule has 0 spiro atoms. The van der Waals surface area contributed by atoms with E-state index in [4.69, 9.17) is 15.7 Å². The first-order valence-electron chi connectivity index (χ1n) is 7.82. The zero-order chi connectivity index (χ0) is 17.5. The van der Waals surface area contributed by atoms with E-state index >= 15 is 0 Å². The largest absolute Gasteiger partial charge is 0.462 e. The average Bonchev–Trinajstić information content (AvgIpc) is 3.03. The minimum Gasteiger partial charge on any atom is -0.462 e. The maximum absolute atomic E-state index is 12.3. The third-order valence-electron chi connectivity index (χ3n) is 3.83. The maximum Gasteiger partial charge on any atom is 0.341 e. The lowest BCUT2D eigenvalue weighted by Crippen LogP contribution is -2.50. The lowest BCUT2D eigenvalue weighted by molar-refractivity contribution is -0.117. The molecule has 1 amide bonds. The lowest BCUT2D eigenvalue weighted by Gasteiger charge is -2.34. The van der Waals surface area contributed by atoms with Crippen LogP contribution in [0.25, 0.3) is 0 Å². The van der Waals surface area contributed by atoms with Gasteiger partial charge in [-0.2, -0.15) is 0 Å². The fourth-order valence-corrected chi connectivity index (χ4v) is 3.50. The van der Waals surface area contributed by atoms with Crippen molar-refractivity contribution in [3.8, 4) is 0 Å². The number of thiophene rings is 1. The van der Waals surface area contributed by atoms with E-state index in [1.807, 2.05) is 4.90 Å². The standard InChI is InChI=1S/C15H22N4O4S/c1-2-23-15(21)10-6-8-24-14(10)17-12(20)9-19-7-4-3-5-11(19)13(16)18-22/h6,8,11,22H,2-5,7,9H2,1H3,(H2,16,18)(H,17,20). The fourth-order valence-electron chi connectivity index (χ4n) is 2.71. The number of hydrogen-bond acceptors (Lipinski definition) is 7. The summed E-state index contributed by atoms with van der Waals surface area (Å²) in [5.74, 6) is -0.590. The number of likely N-dealkylation sites (tertiary alicyclic amines) is 1. The molecular weight excluding hydrogens is 332 g/mol. The number of anilines is 1. The van der Waals surface area contributed by atoms with Gasteiger partial charge in [0.15, 0.2) is 5.84 Å². The minimum absolute atomic E-state index is 0.112. The molecule has 1 atom stereocenters. The third-order valence-corrected chi connectivity index (χ3v) is 4.66. The Morgan fingerprint density at radius 1 is 1.54 bits per heavy atom. The van der Waals surface area contributed by atoms with E-state index in [0.717, 1.165) is 19.3 Å². The lowest BCUT2D eigenvalue weighted by atomic mass is 10.0. The molecule has 9 heteroatoms. The number of oxime groups is 1. The first-order valence-corrected chi connectivity index (χ1v) is 8.70. The normalized spacial score (nSPS) is 19.0. The zero-order valence-electron chi connectivity index (χ0n) is 13.5. The van der Waals surface area contributed by atoms with Crippen molar-refractivity contribution in [1.82, 2.24) is 4.90 Å². The summed E-state index contributed by atoms with van der Waals surface area (Å²) < 4.78 is 4.97. The number of ether oxygens (including phenoxy) is 1. The Balaban J connectivity index is 2.00. The summed E-state index contributed by atoms with van der Waals surface area (Å²) in [5, 5.41) is 16.9. The summed E-state index contributed by atoms with van der Waals surface area (Å²) in [6.07, 6.45) is 2.67. The summed E-state index contributed by atoms with van der Waals surface area (Å²) in [7, 11) is 0. The number of rotatable bonds is 6. The Kier molecular flexibility index (Phi) is 6.56. The first-order chi connectivity index (χ1) is 11.6. The van der Waals surface area contributed by atoms with Crippen LogP contribution in [0.4, 0.5) is 5.00 Å². The molecule has 1 aromatic rings. The van der Waals surface area contributed by atoms with Crippen LogP contribution in [0.2, 0.25) is 0 Å². The van der Waals surface area contributed by atoms with Crippen LogP contribution in [0.3, 0.4) is 0 Å². The van der Waals surface area contributed by atoms with Crippen molar-refractivity contribution in [2.75, 3.05) is 25.0 Å². The molecule has 0 aromatic carbocycles. The van der Waals surface area contributed by atoms with E-state index in [2.05, 4.69) is 10.5 Å². The average molecular weight is 354 g/mol. The van der Waals surface area contributed by atoms with Crippen molar-refractivity contribution in [1.29, 1.82) is 0 Å². The van der Waals surface area contributed by atoms with Gasteiger partial charge < -0.3 is 21.0 Å². The molecule has 132 valence electrons. The molecular formula is C15H22N4O4S. The molecule has 0 bridgehead atoms. The second-order valence-corrected chi connectivity index (χ2v) is 6.36. The van der Waals surface area contributed by atoms with E-state index in [-0.39, 0.29) is 30.9 Å². The Bertz CT molecular complexity index is 616. The number of piperidine rings is 1. The summed E-state index contributed by atoms with van der Waals surface area (Å²) in [6.45, 7) is 2.81. The van der Waals surface area contributed by atoms with E-state index < -0.39 is 5.97 Å². The van der Waals surface area contributed by atoms with E-state index in [1.165, 1.54) is 11.3 Å². The van der Waals surface area contributed by atoms with Crippen LogP contribution in [0.15, 0.2) is 16.6 Å². The molecule has 1 aliphatic heterocycles. The van der Waals surface area contributed by atoms with Crippen LogP contribution in [0.1, 0.15) is 36.5 Å². The van der Waals surface area contributed by atoms with Gasteiger partial charge >= 0.3 is 5.97 Å². The summed E-state index contributed by atoms with van der Waals surface area (Å²) in [4.78, 5) is 26.0. The van der Waals surface area contributed by atoms with Gasteiger partial charge in [0.25, 0.3) is 0 Å². The molecule has 1 aliphatic rings. The zero-order valence-corrected chi connectivity index (χ0v) is 14.3. The Morgan fingerprint density at radius 3 is 3.04 bits per heavy atom. The van der Waals surface area contributed by atoms with Crippen LogP contribution in [-0.2, 0) is 9.53 Å². The molecule has 1 fully saturated rings. The third kappa shape index (κ3) is 4.45. The highest BCUT2D eigenvalue weighted by molar-refractivity contribution is 7.14.